The molecule has 3 nitrogen and oxygen atoms in total. The fourth-order valence-electron chi connectivity index (χ4n) is 1.49. The van der Waals surface area contributed by atoms with Crippen molar-refractivity contribution in [2.24, 2.45) is 0 Å². The molecule has 1 aliphatic carbocycles. The SMILES string of the molecule is CCCNCCc1ncc(C2CC2)o1. The summed E-state index contributed by atoms with van der Waals surface area (Å²) in [5, 5.41) is 3.34. The summed E-state index contributed by atoms with van der Waals surface area (Å²) in [5.41, 5.74) is 0. The Labute approximate surface area is 84.9 Å². The van der Waals surface area contributed by atoms with E-state index in [1.54, 1.807) is 0 Å². The molecule has 1 aromatic rings. The average Bonchev–Trinajstić information content (AvgIpc) is 2.94. The lowest BCUT2D eigenvalue weighted by atomic mass is 10.3. The first kappa shape index (κ1) is 9.71. The van der Waals surface area contributed by atoms with Gasteiger partial charge in [-0.1, -0.05) is 6.92 Å². The van der Waals surface area contributed by atoms with Gasteiger partial charge in [0.2, 0.25) is 0 Å². The van der Waals surface area contributed by atoms with E-state index in [-0.39, 0.29) is 0 Å². The molecule has 0 saturated heterocycles. The molecule has 78 valence electrons. The van der Waals surface area contributed by atoms with E-state index >= 15 is 0 Å². The zero-order chi connectivity index (χ0) is 9.80. The Morgan fingerprint density at radius 3 is 3.07 bits per heavy atom. The van der Waals surface area contributed by atoms with Crippen molar-refractivity contribution >= 4 is 0 Å². The summed E-state index contributed by atoms with van der Waals surface area (Å²) in [5.74, 6) is 2.66. The van der Waals surface area contributed by atoms with Crippen LogP contribution in [0.1, 0.15) is 43.8 Å². The zero-order valence-corrected chi connectivity index (χ0v) is 8.75. The average molecular weight is 194 g/mol. The summed E-state index contributed by atoms with van der Waals surface area (Å²) in [6, 6.07) is 0. The molecule has 1 heterocycles. The Bertz CT molecular complexity index is 279. The molecule has 0 aliphatic heterocycles. The molecule has 1 aromatic heterocycles. The Morgan fingerprint density at radius 2 is 2.36 bits per heavy atom. The van der Waals surface area contributed by atoms with Gasteiger partial charge in [-0.2, -0.15) is 0 Å². The molecule has 1 N–H and O–H groups in total. The van der Waals surface area contributed by atoms with Crippen LogP contribution in [-0.2, 0) is 6.42 Å². The van der Waals surface area contributed by atoms with Crippen LogP contribution in [0.5, 0.6) is 0 Å². The van der Waals surface area contributed by atoms with Crippen LogP contribution in [0.2, 0.25) is 0 Å². The van der Waals surface area contributed by atoms with E-state index in [4.69, 9.17) is 4.42 Å². The first-order chi connectivity index (χ1) is 6.90. The van der Waals surface area contributed by atoms with Crippen molar-refractivity contribution in [2.75, 3.05) is 13.1 Å². The van der Waals surface area contributed by atoms with Gasteiger partial charge in [0.1, 0.15) is 5.76 Å². The van der Waals surface area contributed by atoms with E-state index < -0.39 is 0 Å². The van der Waals surface area contributed by atoms with E-state index in [1.807, 2.05) is 6.20 Å². The fraction of sp³-hybridized carbons (Fsp3) is 0.727. The lowest BCUT2D eigenvalue weighted by molar-refractivity contribution is 0.449. The van der Waals surface area contributed by atoms with E-state index in [2.05, 4.69) is 17.2 Å². The molecule has 14 heavy (non-hydrogen) atoms. The Balaban J connectivity index is 1.72. The standard InChI is InChI=1S/C11H18N2O/c1-2-6-12-7-5-11-13-8-10(14-11)9-3-4-9/h8-9,12H,2-7H2,1H3. The first-order valence-corrected chi connectivity index (χ1v) is 5.55. The van der Waals surface area contributed by atoms with Gasteiger partial charge in [-0.15, -0.1) is 0 Å². The topological polar surface area (TPSA) is 38.1 Å². The third-order valence-electron chi connectivity index (χ3n) is 2.49. The molecule has 1 saturated carbocycles. The smallest absolute Gasteiger partial charge is 0.195 e. The number of nitrogens with one attached hydrogen (secondary N) is 1. The van der Waals surface area contributed by atoms with Gasteiger partial charge in [-0.25, -0.2) is 4.98 Å². The lowest BCUT2D eigenvalue weighted by Gasteiger charge is -1.98. The summed E-state index contributed by atoms with van der Waals surface area (Å²) < 4.78 is 5.64. The maximum absolute atomic E-state index is 5.64. The highest BCUT2D eigenvalue weighted by Gasteiger charge is 2.27. The van der Waals surface area contributed by atoms with Crippen LogP contribution in [-0.4, -0.2) is 18.1 Å². The second-order valence-electron chi connectivity index (χ2n) is 3.93. The van der Waals surface area contributed by atoms with Crippen molar-refractivity contribution in [3.05, 3.63) is 17.8 Å². The molecule has 0 aromatic carbocycles. The van der Waals surface area contributed by atoms with Crippen molar-refractivity contribution < 1.29 is 4.42 Å². The summed E-state index contributed by atoms with van der Waals surface area (Å²) in [4.78, 5) is 4.27. The highest BCUT2D eigenvalue weighted by Crippen LogP contribution is 2.40. The van der Waals surface area contributed by atoms with Crippen LogP contribution in [0.4, 0.5) is 0 Å². The van der Waals surface area contributed by atoms with Crippen LogP contribution in [0.3, 0.4) is 0 Å². The van der Waals surface area contributed by atoms with Gasteiger partial charge in [-0.3, -0.25) is 0 Å². The first-order valence-electron chi connectivity index (χ1n) is 5.55. The van der Waals surface area contributed by atoms with Crippen LogP contribution in [0.15, 0.2) is 10.6 Å². The van der Waals surface area contributed by atoms with E-state index in [9.17, 15) is 0 Å². The third kappa shape index (κ3) is 2.58. The van der Waals surface area contributed by atoms with E-state index in [1.165, 1.54) is 19.3 Å². The number of nitrogens with zero attached hydrogens (tertiary/aromatic N) is 1. The summed E-state index contributed by atoms with van der Waals surface area (Å²) in [6.45, 7) is 4.22. The maximum Gasteiger partial charge on any atom is 0.195 e. The van der Waals surface area contributed by atoms with Crippen molar-refractivity contribution in [2.45, 2.75) is 38.5 Å². The monoisotopic (exact) mass is 194 g/mol. The van der Waals surface area contributed by atoms with Gasteiger partial charge >= 0.3 is 0 Å². The second-order valence-corrected chi connectivity index (χ2v) is 3.93. The minimum absolute atomic E-state index is 0.680. The van der Waals surface area contributed by atoms with Crippen molar-refractivity contribution in [1.82, 2.24) is 10.3 Å². The Kier molecular flexibility index (Phi) is 3.19. The molecule has 3 heteroatoms. The molecule has 1 fully saturated rings. The quantitative estimate of drug-likeness (QED) is 0.705. The number of oxazole rings is 1. The molecule has 1 aliphatic rings. The maximum atomic E-state index is 5.64. The number of aromatic nitrogens is 1. The normalized spacial score (nSPS) is 16.1. The highest BCUT2D eigenvalue weighted by atomic mass is 16.4. The van der Waals surface area contributed by atoms with Crippen LogP contribution in [0, 0.1) is 0 Å². The van der Waals surface area contributed by atoms with Crippen molar-refractivity contribution in [1.29, 1.82) is 0 Å². The number of hydrogen-bond donors (Lipinski definition) is 1. The third-order valence-corrected chi connectivity index (χ3v) is 2.49. The molecular weight excluding hydrogens is 176 g/mol. The van der Waals surface area contributed by atoms with Gasteiger partial charge < -0.3 is 9.73 Å². The number of rotatable bonds is 6. The molecule has 0 bridgehead atoms. The predicted molar refractivity (Wildman–Crippen MR) is 55.3 cm³/mol. The molecule has 2 rings (SSSR count). The molecule has 0 unspecified atom stereocenters. The van der Waals surface area contributed by atoms with Gasteiger partial charge in [0.25, 0.3) is 0 Å². The summed E-state index contributed by atoms with van der Waals surface area (Å²) in [7, 11) is 0. The molecular formula is C11H18N2O. The van der Waals surface area contributed by atoms with Gasteiger partial charge in [0.15, 0.2) is 5.89 Å². The van der Waals surface area contributed by atoms with Gasteiger partial charge in [0, 0.05) is 18.9 Å². The Morgan fingerprint density at radius 1 is 1.50 bits per heavy atom. The van der Waals surface area contributed by atoms with Crippen LogP contribution in [0.25, 0.3) is 0 Å². The van der Waals surface area contributed by atoms with Gasteiger partial charge in [-0.05, 0) is 25.8 Å². The zero-order valence-electron chi connectivity index (χ0n) is 8.75. The summed E-state index contributed by atoms with van der Waals surface area (Å²) in [6.07, 6.45) is 6.55. The largest absolute Gasteiger partial charge is 0.445 e. The van der Waals surface area contributed by atoms with Crippen LogP contribution < -0.4 is 5.32 Å². The fourth-order valence-corrected chi connectivity index (χ4v) is 1.49. The molecule has 0 radical (unpaired) electrons. The lowest BCUT2D eigenvalue weighted by Crippen LogP contribution is -2.17. The van der Waals surface area contributed by atoms with Crippen LogP contribution >= 0.6 is 0 Å². The Hall–Kier alpha value is -0.830. The van der Waals surface area contributed by atoms with E-state index in [0.717, 1.165) is 31.2 Å². The molecule has 0 spiro atoms. The second kappa shape index (κ2) is 4.60. The summed E-state index contributed by atoms with van der Waals surface area (Å²) >= 11 is 0. The minimum atomic E-state index is 0.680. The molecule has 0 atom stereocenters. The molecule has 0 amide bonds. The van der Waals surface area contributed by atoms with E-state index in [0.29, 0.717) is 5.92 Å². The van der Waals surface area contributed by atoms with Crippen molar-refractivity contribution in [3.63, 3.8) is 0 Å². The predicted octanol–water partition coefficient (Wildman–Crippen LogP) is 2.09. The number of hydrogen-bond acceptors (Lipinski definition) is 3. The van der Waals surface area contributed by atoms with Gasteiger partial charge in [0.05, 0.1) is 6.20 Å². The highest BCUT2D eigenvalue weighted by molar-refractivity contribution is 5.08. The van der Waals surface area contributed by atoms with Crippen molar-refractivity contribution in [3.8, 4) is 0 Å². The minimum Gasteiger partial charge on any atom is -0.445 e.